The molecule has 1 aliphatic heterocycles. The number of carbonyl (C=O) groups excluding carboxylic acids is 1. The molecule has 0 aliphatic carbocycles. The van der Waals surface area contributed by atoms with E-state index in [1.165, 1.54) is 28.1 Å². The molecule has 2 heterocycles. The van der Waals surface area contributed by atoms with Crippen LogP contribution >= 0.6 is 0 Å². The van der Waals surface area contributed by atoms with Crippen molar-refractivity contribution in [3.63, 3.8) is 0 Å². The molecule has 4 nitrogen and oxygen atoms in total. The van der Waals surface area contributed by atoms with Crippen molar-refractivity contribution in [2.24, 2.45) is 5.92 Å². The highest BCUT2D eigenvalue weighted by atomic mass is 19.1. The van der Waals surface area contributed by atoms with Crippen LogP contribution in [-0.2, 0) is 11.2 Å². The van der Waals surface area contributed by atoms with Gasteiger partial charge in [0.2, 0.25) is 5.91 Å². The summed E-state index contributed by atoms with van der Waals surface area (Å²) in [6.07, 6.45) is 4.27. The van der Waals surface area contributed by atoms with Crippen LogP contribution in [0.3, 0.4) is 0 Å². The summed E-state index contributed by atoms with van der Waals surface area (Å²) in [7, 11) is 0. The highest BCUT2D eigenvalue weighted by Gasteiger charge is 2.22. The Kier molecular flexibility index (Phi) is 7.94. The maximum atomic E-state index is 14.0. The van der Waals surface area contributed by atoms with E-state index in [1.54, 1.807) is 12.1 Å². The van der Waals surface area contributed by atoms with Crippen molar-refractivity contribution in [3.8, 4) is 11.3 Å². The predicted molar refractivity (Wildman–Crippen MR) is 155 cm³/mol. The van der Waals surface area contributed by atoms with Crippen LogP contribution < -0.4 is 5.32 Å². The Bertz CT molecular complexity index is 1420. The first-order valence-electron chi connectivity index (χ1n) is 13.9. The summed E-state index contributed by atoms with van der Waals surface area (Å²) in [5.41, 5.74) is 7.80. The number of anilines is 1. The average molecular weight is 512 g/mol. The van der Waals surface area contributed by atoms with Crippen LogP contribution in [0.5, 0.6) is 0 Å². The molecule has 0 radical (unpaired) electrons. The van der Waals surface area contributed by atoms with E-state index in [2.05, 4.69) is 58.5 Å². The molecule has 0 bridgehead atoms. The number of piperidine rings is 1. The lowest BCUT2D eigenvalue weighted by Crippen LogP contribution is -2.33. The molecule has 4 aromatic rings. The number of aromatic nitrogens is 1. The van der Waals surface area contributed by atoms with Gasteiger partial charge in [-0.2, -0.15) is 0 Å². The third-order valence-corrected chi connectivity index (χ3v) is 7.90. The zero-order chi connectivity index (χ0) is 26.6. The number of hydrogen-bond acceptors (Lipinski definition) is 2. The number of nitrogens with zero attached hydrogens (tertiary/aromatic N) is 1. The van der Waals surface area contributed by atoms with Gasteiger partial charge in [0, 0.05) is 33.8 Å². The molecular weight excluding hydrogens is 473 g/mol. The second kappa shape index (κ2) is 11.5. The van der Waals surface area contributed by atoms with Crippen molar-refractivity contribution in [1.82, 2.24) is 9.88 Å². The molecule has 1 fully saturated rings. The molecule has 0 spiro atoms. The third kappa shape index (κ3) is 5.83. The standard InChI is InChI=1S/C33H38FN3O/c1-22(2)33(38)35-28-12-6-9-25(21-28)24-15-18-37(19-16-24)17-7-14-30-29-13-4-8-23(3)31(29)36-32(30)26-10-5-11-27(34)20-26/h4-6,8-13,20-22,24,36H,7,14-19H2,1-3H3,(H,35,38). The molecule has 1 saturated heterocycles. The van der Waals surface area contributed by atoms with E-state index in [0.717, 1.165) is 67.8 Å². The van der Waals surface area contributed by atoms with Crippen LogP contribution in [0.4, 0.5) is 10.1 Å². The summed E-state index contributed by atoms with van der Waals surface area (Å²) in [6, 6.07) is 21.7. The molecule has 2 N–H and O–H groups in total. The van der Waals surface area contributed by atoms with E-state index in [-0.39, 0.29) is 17.6 Å². The van der Waals surface area contributed by atoms with E-state index in [4.69, 9.17) is 0 Å². The Hall–Kier alpha value is -3.44. The van der Waals surface area contributed by atoms with Gasteiger partial charge in [-0.3, -0.25) is 4.79 Å². The van der Waals surface area contributed by atoms with Gasteiger partial charge in [0.15, 0.2) is 0 Å². The van der Waals surface area contributed by atoms with Gasteiger partial charge >= 0.3 is 0 Å². The van der Waals surface area contributed by atoms with Gasteiger partial charge in [-0.1, -0.05) is 56.3 Å². The summed E-state index contributed by atoms with van der Waals surface area (Å²) >= 11 is 0. The van der Waals surface area contributed by atoms with Crippen molar-refractivity contribution in [2.45, 2.75) is 52.4 Å². The Balaban J connectivity index is 1.21. The molecule has 0 atom stereocenters. The number of likely N-dealkylation sites (tertiary alicyclic amines) is 1. The number of nitrogens with one attached hydrogen (secondary N) is 2. The van der Waals surface area contributed by atoms with E-state index < -0.39 is 0 Å². The Morgan fingerprint density at radius 1 is 1.05 bits per heavy atom. The normalized spacial score (nSPS) is 14.9. The van der Waals surface area contributed by atoms with E-state index in [0.29, 0.717) is 5.92 Å². The first kappa shape index (κ1) is 26.2. The summed E-state index contributed by atoms with van der Waals surface area (Å²) in [6.45, 7) is 9.16. The molecule has 3 aromatic carbocycles. The average Bonchev–Trinajstić information content (AvgIpc) is 3.29. The highest BCUT2D eigenvalue weighted by Crippen LogP contribution is 2.34. The van der Waals surface area contributed by atoms with Gasteiger partial charge in [-0.25, -0.2) is 4.39 Å². The van der Waals surface area contributed by atoms with Crippen molar-refractivity contribution < 1.29 is 9.18 Å². The molecule has 1 amide bonds. The maximum Gasteiger partial charge on any atom is 0.226 e. The van der Waals surface area contributed by atoms with Crippen molar-refractivity contribution in [1.29, 1.82) is 0 Å². The van der Waals surface area contributed by atoms with Gasteiger partial charge in [-0.05, 0) is 99.1 Å². The molecule has 5 rings (SSSR count). The fraction of sp³-hybridized carbons (Fsp3) is 0.364. The lowest BCUT2D eigenvalue weighted by Gasteiger charge is -2.32. The van der Waals surface area contributed by atoms with Gasteiger partial charge in [-0.15, -0.1) is 0 Å². The number of aryl methyl sites for hydroxylation is 2. The number of aromatic amines is 1. The highest BCUT2D eigenvalue weighted by molar-refractivity contribution is 5.93. The minimum atomic E-state index is -0.209. The molecule has 198 valence electrons. The summed E-state index contributed by atoms with van der Waals surface area (Å²) in [5, 5.41) is 4.28. The van der Waals surface area contributed by atoms with Crippen LogP contribution in [0.2, 0.25) is 0 Å². The number of hydrogen-bond donors (Lipinski definition) is 2. The second-order valence-corrected chi connectivity index (χ2v) is 11.0. The molecule has 1 aliphatic rings. The molecular formula is C33H38FN3O. The number of amides is 1. The van der Waals surface area contributed by atoms with Crippen molar-refractivity contribution >= 4 is 22.5 Å². The lowest BCUT2D eigenvalue weighted by molar-refractivity contribution is -0.118. The van der Waals surface area contributed by atoms with Crippen LogP contribution in [-0.4, -0.2) is 35.4 Å². The van der Waals surface area contributed by atoms with Crippen molar-refractivity contribution in [2.75, 3.05) is 25.0 Å². The predicted octanol–water partition coefficient (Wildman–Crippen LogP) is 7.69. The zero-order valence-electron chi connectivity index (χ0n) is 22.7. The monoisotopic (exact) mass is 511 g/mol. The summed E-state index contributed by atoms with van der Waals surface area (Å²) in [5.74, 6) is 0.348. The maximum absolute atomic E-state index is 14.0. The Morgan fingerprint density at radius 2 is 1.82 bits per heavy atom. The smallest absolute Gasteiger partial charge is 0.226 e. The molecule has 38 heavy (non-hydrogen) atoms. The van der Waals surface area contributed by atoms with E-state index in [9.17, 15) is 9.18 Å². The number of para-hydroxylation sites is 1. The fourth-order valence-corrected chi connectivity index (χ4v) is 5.70. The number of fused-ring (bicyclic) bond motifs is 1. The van der Waals surface area contributed by atoms with Crippen molar-refractivity contribution in [3.05, 3.63) is 89.2 Å². The molecule has 1 aromatic heterocycles. The third-order valence-electron chi connectivity index (χ3n) is 7.90. The second-order valence-electron chi connectivity index (χ2n) is 11.0. The Labute approximate surface area is 225 Å². The quantitative estimate of drug-likeness (QED) is 0.255. The van der Waals surface area contributed by atoms with Crippen LogP contribution in [0.15, 0.2) is 66.7 Å². The number of H-pyrrole nitrogens is 1. The van der Waals surface area contributed by atoms with E-state index >= 15 is 0 Å². The lowest BCUT2D eigenvalue weighted by atomic mass is 9.89. The summed E-state index contributed by atoms with van der Waals surface area (Å²) in [4.78, 5) is 18.3. The Morgan fingerprint density at radius 3 is 2.58 bits per heavy atom. The molecule has 0 saturated carbocycles. The van der Waals surface area contributed by atoms with Crippen LogP contribution in [0.1, 0.15) is 55.7 Å². The topological polar surface area (TPSA) is 48.1 Å². The van der Waals surface area contributed by atoms with Gasteiger partial charge in [0.05, 0.1) is 0 Å². The van der Waals surface area contributed by atoms with Gasteiger partial charge in [0.25, 0.3) is 0 Å². The van der Waals surface area contributed by atoms with Gasteiger partial charge in [0.1, 0.15) is 5.82 Å². The minimum absolute atomic E-state index is 0.0277. The summed E-state index contributed by atoms with van der Waals surface area (Å²) < 4.78 is 14.0. The zero-order valence-corrected chi connectivity index (χ0v) is 22.7. The first-order valence-corrected chi connectivity index (χ1v) is 13.9. The largest absolute Gasteiger partial charge is 0.354 e. The number of rotatable bonds is 8. The molecule has 5 heteroatoms. The number of halogens is 1. The number of benzene rings is 3. The fourth-order valence-electron chi connectivity index (χ4n) is 5.70. The minimum Gasteiger partial charge on any atom is -0.354 e. The van der Waals surface area contributed by atoms with E-state index in [1.807, 2.05) is 26.0 Å². The van der Waals surface area contributed by atoms with Crippen LogP contribution in [0, 0.1) is 18.7 Å². The SMILES string of the molecule is Cc1cccc2c(CCCN3CCC(c4cccc(NC(=O)C(C)C)c4)CC3)c(-c3cccc(F)c3)[nH]c12. The number of carbonyl (C=O) groups is 1. The molecule has 0 unspecified atom stereocenters. The first-order chi connectivity index (χ1) is 18.4. The van der Waals surface area contributed by atoms with Gasteiger partial charge < -0.3 is 15.2 Å². The van der Waals surface area contributed by atoms with Crippen LogP contribution in [0.25, 0.3) is 22.2 Å².